The molecule has 1 aliphatic carbocycles. The number of carbonyl (C=O) groups excluding carboxylic acids is 2. The van der Waals surface area contributed by atoms with Gasteiger partial charge < -0.3 is 20.5 Å². The number of nitrogen functional groups attached to an aromatic ring is 1. The highest BCUT2D eigenvalue weighted by molar-refractivity contribution is 5.95. The van der Waals surface area contributed by atoms with Gasteiger partial charge in [-0.25, -0.2) is 4.79 Å². The zero-order chi connectivity index (χ0) is 14.5. The number of para-hydroxylation sites is 1. The van der Waals surface area contributed by atoms with Crippen molar-refractivity contribution in [1.29, 1.82) is 0 Å². The number of nitrogens with two attached hydrogens (primary N) is 1. The Kier molecular flexibility index (Phi) is 4.45. The Labute approximate surface area is 117 Å². The van der Waals surface area contributed by atoms with Crippen molar-refractivity contribution in [3.8, 4) is 5.75 Å². The van der Waals surface area contributed by atoms with Crippen LogP contribution >= 0.6 is 0 Å². The molecule has 0 spiro atoms. The molecular formula is C14H18N2O4. The first-order chi connectivity index (χ1) is 9.61. The van der Waals surface area contributed by atoms with Crippen LogP contribution in [0.5, 0.6) is 5.75 Å². The lowest BCUT2D eigenvalue weighted by molar-refractivity contribution is -0.124. The molecule has 1 fully saturated rings. The summed E-state index contributed by atoms with van der Waals surface area (Å²) >= 11 is 0. The number of hydrogen-bond donors (Lipinski definition) is 2. The van der Waals surface area contributed by atoms with Crippen LogP contribution in [0, 0.1) is 5.92 Å². The summed E-state index contributed by atoms with van der Waals surface area (Å²) in [6.07, 6.45) is 2.31. The largest absolute Gasteiger partial charge is 0.494 e. The summed E-state index contributed by atoms with van der Waals surface area (Å²) in [7, 11) is 1.42. The summed E-state index contributed by atoms with van der Waals surface area (Å²) in [6, 6.07) is 4.79. The smallest absolute Gasteiger partial charge is 0.342 e. The van der Waals surface area contributed by atoms with Gasteiger partial charge in [-0.15, -0.1) is 0 Å². The maximum absolute atomic E-state index is 11.9. The summed E-state index contributed by atoms with van der Waals surface area (Å²) in [5, 5.41) is 2.72. The molecule has 0 aromatic heterocycles. The topological polar surface area (TPSA) is 90.7 Å². The van der Waals surface area contributed by atoms with Crippen LogP contribution in [0.4, 0.5) is 5.69 Å². The van der Waals surface area contributed by atoms with Gasteiger partial charge in [-0.3, -0.25) is 4.79 Å². The lowest BCUT2D eigenvalue weighted by Crippen LogP contribution is -2.30. The summed E-state index contributed by atoms with van der Waals surface area (Å²) in [5.41, 5.74) is 6.26. The molecular weight excluding hydrogens is 260 g/mol. The number of hydrogen-bond acceptors (Lipinski definition) is 5. The highest BCUT2D eigenvalue weighted by Gasteiger charge is 2.22. The Bertz CT molecular complexity index is 512. The van der Waals surface area contributed by atoms with E-state index in [1.54, 1.807) is 18.2 Å². The van der Waals surface area contributed by atoms with Gasteiger partial charge in [0.15, 0.2) is 12.4 Å². The van der Waals surface area contributed by atoms with E-state index >= 15 is 0 Å². The van der Waals surface area contributed by atoms with E-state index in [1.807, 2.05) is 0 Å². The maximum Gasteiger partial charge on any atom is 0.342 e. The third-order valence-corrected chi connectivity index (χ3v) is 3.09. The number of ether oxygens (including phenoxy) is 2. The van der Waals surface area contributed by atoms with Gasteiger partial charge in [-0.1, -0.05) is 6.07 Å². The fourth-order valence-electron chi connectivity index (χ4n) is 1.78. The number of rotatable bonds is 6. The van der Waals surface area contributed by atoms with Gasteiger partial charge in [-0.2, -0.15) is 0 Å². The van der Waals surface area contributed by atoms with Crippen molar-refractivity contribution in [2.45, 2.75) is 12.8 Å². The van der Waals surface area contributed by atoms with Crippen LogP contribution in [-0.2, 0) is 9.53 Å². The van der Waals surface area contributed by atoms with Crippen molar-refractivity contribution in [2.75, 3.05) is 26.0 Å². The first kappa shape index (κ1) is 14.2. The Morgan fingerprint density at radius 3 is 2.80 bits per heavy atom. The van der Waals surface area contributed by atoms with Gasteiger partial charge in [0, 0.05) is 6.54 Å². The minimum Gasteiger partial charge on any atom is -0.494 e. The van der Waals surface area contributed by atoms with E-state index < -0.39 is 5.97 Å². The number of benzene rings is 1. The Morgan fingerprint density at radius 2 is 2.15 bits per heavy atom. The Hall–Kier alpha value is -2.24. The van der Waals surface area contributed by atoms with Gasteiger partial charge in [0.2, 0.25) is 0 Å². The second-order valence-corrected chi connectivity index (χ2v) is 4.75. The predicted molar refractivity (Wildman–Crippen MR) is 73.4 cm³/mol. The second kappa shape index (κ2) is 6.27. The van der Waals surface area contributed by atoms with E-state index in [2.05, 4.69) is 5.32 Å². The van der Waals surface area contributed by atoms with E-state index in [9.17, 15) is 9.59 Å². The molecule has 1 saturated carbocycles. The molecule has 0 radical (unpaired) electrons. The molecule has 1 amide bonds. The summed E-state index contributed by atoms with van der Waals surface area (Å²) in [5.74, 6) is -0.0802. The van der Waals surface area contributed by atoms with Gasteiger partial charge >= 0.3 is 5.97 Å². The van der Waals surface area contributed by atoms with Crippen LogP contribution < -0.4 is 15.8 Å². The van der Waals surface area contributed by atoms with E-state index in [0.717, 1.165) is 12.8 Å². The fourth-order valence-corrected chi connectivity index (χ4v) is 1.78. The first-order valence-corrected chi connectivity index (χ1v) is 6.48. The first-order valence-electron chi connectivity index (χ1n) is 6.48. The molecule has 0 saturated heterocycles. The van der Waals surface area contributed by atoms with Crippen molar-refractivity contribution in [2.24, 2.45) is 5.92 Å². The number of nitrogens with one attached hydrogen (secondary N) is 1. The van der Waals surface area contributed by atoms with Gasteiger partial charge in [0.25, 0.3) is 5.91 Å². The zero-order valence-electron chi connectivity index (χ0n) is 11.3. The number of carbonyl (C=O) groups is 2. The molecule has 0 bridgehead atoms. The second-order valence-electron chi connectivity index (χ2n) is 4.75. The highest BCUT2D eigenvalue weighted by Crippen LogP contribution is 2.27. The van der Waals surface area contributed by atoms with Crippen molar-refractivity contribution in [3.63, 3.8) is 0 Å². The summed E-state index contributed by atoms with van der Waals surface area (Å²) in [4.78, 5) is 23.4. The zero-order valence-corrected chi connectivity index (χ0v) is 11.3. The van der Waals surface area contributed by atoms with Crippen LogP contribution in [0.1, 0.15) is 23.2 Å². The molecule has 0 aliphatic heterocycles. The number of methoxy groups -OCH3 is 1. The highest BCUT2D eigenvalue weighted by atomic mass is 16.5. The summed E-state index contributed by atoms with van der Waals surface area (Å²) in [6.45, 7) is 0.349. The standard InChI is InChI=1S/C14H18N2O4/c1-19-13-10(3-2-4-11(13)15)14(18)20-8-12(17)16-7-9-5-6-9/h2-4,9H,5-8,15H2,1H3,(H,16,17). The number of esters is 1. The third kappa shape index (κ3) is 3.63. The molecule has 3 N–H and O–H groups in total. The molecule has 0 atom stereocenters. The van der Waals surface area contributed by atoms with Crippen LogP contribution in [0.3, 0.4) is 0 Å². The minimum absolute atomic E-state index is 0.211. The van der Waals surface area contributed by atoms with Crippen LogP contribution in [0.25, 0.3) is 0 Å². The predicted octanol–water partition coefficient (Wildman–Crippen LogP) is 0.960. The van der Waals surface area contributed by atoms with Gasteiger partial charge in [0.05, 0.1) is 12.8 Å². The molecule has 1 aromatic carbocycles. The summed E-state index contributed by atoms with van der Waals surface area (Å²) < 4.78 is 10.0. The number of anilines is 1. The molecule has 6 nitrogen and oxygen atoms in total. The van der Waals surface area contributed by atoms with Gasteiger partial charge in [0.1, 0.15) is 5.56 Å². The average Bonchev–Trinajstić information content (AvgIpc) is 3.26. The van der Waals surface area contributed by atoms with Crippen molar-refractivity contribution >= 4 is 17.6 Å². The lowest BCUT2D eigenvalue weighted by atomic mass is 10.2. The molecule has 108 valence electrons. The molecule has 1 aromatic rings. The van der Waals surface area contributed by atoms with Crippen molar-refractivity contribution in [1.82, 2.24) is 5.32 Å². The number of amides is 1. The Morgan fingerprint density at radius 1 is 1.40 bits per heavy atom. The average molecular weight is 278 g/mol. The maximum atomic E-state index is 11.9. The lowest BCUT2D eigenvalue weighted by Gasteiger charge is -2.10. The van der Waals surface area contributed by atoms with E-state index in [1.165, 1.54) is 7.11 Å². The van der Waals surface area contributed by atoms with Crippen LogP contribution in [-0.4, -0.2) is 32.1 Å². The van der Waals surface area contributed by atoms with Gasteiger partial charge in [-0.05, 0) is 30.9 Å². The van der Waals surface area contributed by atoms with E-state index in [4.69, 9.17) is 15.2 Å². The normalized spacial score (nSPS) is 13.7. The fraction of sp³-hybridized carbons (Fsp3) is 0.429. The van der Waals surface area contributed by atoms with E-state index in [0.29, 0.717) is 18.2 Å². The van der Waals surface area contributed by atoms with Crippen molar-refractivity contribution in [3.05, 3.63) is 23.8 Å². The monoisotopic (exact) mass is 278 g/mol. The molecule has 0 unspecified atom stereocenters. The molecule has 0 heterocycles. The SMILES string of the molecule is COc1c(N)cccc1C(=O)OCC(=O)NCC1CC1. The molecule has 2 rings (SSSR count). The molecule has 20 heavy (non-hydrogen) atoms. The third-order valence-electron chi connectivity index (χ3n) is 3.09. The quantitative estimate of drug-likeness (QED) is 0.597. The Balaban J connectivity index is 1.87. The molecule has 6 heteroatoms. The minimum atomic E-state index is -0.629. The van der Waals surface area contributed by atoms with E-state index in [-0.39, 0.29) is 23.8 Å². The van der Waals surface area contributed by atoms with Crippen molar-refractivity contribution < 1.29 is 19.1 Å². The van der Waals surface area contributed by atoms with Crippen LogP contribution in [0.2, 0.25) is 0 Å². The molecule has 1 aliphatic rings. The van der Waals surface area contributed by atoms with Crippen LogP contribution in [0.15, 0.2) is 18.2 Å².